The Hall–Kier alpha value is -2.67. The van der Waals surface area contributed by atoms with E-state index in [0.29, 0.717) is 17.8 Å². The fourth-order valence-corrected chi connectivity index (χ4v) is 4.48. The van der Waals surface area contributed by atoms with Gasteiger partial charge in [0.25, 0.3) is 5.91 Å². The molecule has 7 nitrogen and oxygen atoms in total. The van der Waals surface area contributed by atoms with E-state index < -0.39 is 0 Å². The van der Waals surface area contributed by atoms with E-state index in [9.17, 15) is 4.79 Å². The smallest absolute Gasteiger partial charge is 0.273 e. The van der Waals surface area contributed by atoms with Gasteiger partial charge in [-0.15, -0.1) is 5.10 Å². The van der Waals surface area contributed by atoms with Gasteiger partial charge in [0.15, 0.2) is 5.69 Å². The standard InChI is InChI=1S/C24H34N6O/c1-28(2)21-11-9-19(10-12-21)6-5-15-29-16-13-22(14-17-29)30-18-23(26-27-30)24(31)25-20-7-3-4-8-20/h5-6,9-12,18,20,22H,3-4,7-8,13-17H2,1-2H3,(H,25,31). The second kappa shape index (κ2) is 10.1. The molecule has 1 saturated carbocycles. The van der Waals surface area contributed by atoms with Crippen LogP contribution in [0.15, 0.2) is 36.5 Å². The lowest BCUT2D eigenvalue weighted by molar-refractivity contribution is 0.0932. The Balaban J connectivity index is 1.22. The highest BCUT2D eigenvalue weighted by Gasteiger charge is 2.23. The van der Waals surface area contributed by atoms with Crippen molar-refractivity contribution in [2.24, 2.45) is 0 Å². The number of likely N-dealkylation sites (tertiary alicyclic amines) is 1. The van der Waals surface area contributed by atoms with Crippen LogP contribution in [0.3, 0.4) is 0 Å². The molecule has 31 heavy (non-hydrogen) atoms. The van der Waals surface area contributed by atoms with E-state index in [2.05, 4.69) is 75.9 Å². The zero-order chi connectivity index (χ0) is 21.6. The number of nitrogens with zero attached hydrogens (tertiary/aromatic N) is 5. The Labute approximate surface area is 185 Å². The van der Waals surface area contributed by atoms with Gasteiger partial charge in [0, 0.05) is 45.5 Å². The zero-order valence-electron chi connectivity index (χ0n) is 18.7. The molecule has 0 radical (unpaired) electrons. The number of benzene rings is 1. The molecule has 7 heteroatoms. The average Bonchev–Trinajstić information content (AvgIpc) is 3.47. The highest BCUT2D eigenvalue weighted by molar-refractivity contribution is 5.92. The molecule has 1 aromatic carbocycles. The number of carbonyl (C=O) groups excluding carboxylic acids is 1. The minimum atomic E-state index is -0.0839. The molecule has 0 atom stereocenters. The Morgan fingerprint density at radius 1 is 1.13 bits per heavy atom. The van der Waals surface area contributed by atoms with Gasteiger partial charge in [-0.2, -0.15) is 0 Å². The number of hydrogen-bond acceptors (Lipinski definition) is 5. The molecule has 0 unspecified atom stereocenters. The first-order valence-electron chi connectivity index (χ1n) is 11.5. The van der Waals surface area contributed by atoms with E-state index >= 15 is 0 Å². The fraction of sp³-hybridized carbons (Fsp3) is 0.542. The first-order chi connectivity index (χ1) is 15.1. The Bertz CT molecular complexity index is 874. The molecule has 0 bridgehead atoms. The van der Waals surface area contributed by atoms with Crippen molar-refractivity contribution < 1.29 is 4.79 Å². The van der Waals surface area contributed by atoms with E-state index in [1.165, 1.54) is 24.1 Å². The quantitative estimate of drug-likeness (QED) is 0.741. The van der Waals surface area contributed by atoms with Crippen molar-refractivity contribution in [1.29, 1.82) is 0 Å². The van der Waals surface area contributed by atoms with Gasteiger partial charge in [0.05, 0.1) is 12.2 Å². The van der Waals surface area contributed by atoms with E-state index in [-0.39, 0.29) is 5.91 Å². The lowest BCUT2D eigenvalue weighted by atomic mass is 10.1. The van der Waals surface area contributed by atoms with Crippen LogP contribution in [-0.2, 0) is 0 Å². The lowest BCUT2D eigenvalue weighted by Gasteiger charge is -2.30. The van der Waals surface area contributed by atoms with Crippen LogP contribution in [0.5, 0.6) is 0 Å². The van der Waals surface area contributed by atoms with Crippen LogP contribution >= 0.6 is 0 Å². The number of amides is 1. The highest BCUT2D eigenvalue weighted by atomic mass is 16.2. The van der Waals surface area contributed by atoms with Gasteiger partial charge >= 0.3 is 0 Å². The van der Waals surface area contributed by atoms with E-state index in [1.54, 1.807) is 0 Å². The third kappa shape index (κ3) is 5.73. The number of rotatable bonds is 7. The number of carbonyl (C=O) groups is 1. The Morgan fingerprint density at radius 3 is 2.52 bits per heavy atom. The van der Waals surface area contributed by atoms with Crippen LogP contribution < -0.4 is 10.2 Å². The van der Waals surface area contributed by atoms with Crippen molar-refractivity contribution in [3.05, 3.63) is 47.8 Å². The first kappa shape index (κ1) is 21.6. The van der Waals surface area contributed by atoms with Gasteiger partial charge in [-0.1, -0.05) is 42.3 Å². The third-order valence-electron chi connectivity index (χ3n) is 6.45. The minimum absolute atomic E-state index is 0.0839. The molecule has 1 aromatic heterocycles. The average molecular weight is 423 g/mol. The largest absolute Gasteiger partial charge is 0.378 e. The Kier molecular flexibility index (Phi) is 7.02. The zero-order valence-corrected chi connectivity index (χ0v) is 18.7. The second-order valence-electron chi connectivity index (χ2n) is 8.96. The number of hydrogen-bond donors (Lipinski definition) is 1. The highest BCUT2D eigenvalue weighted by Crippen LogP contribution is 2.22. The first-order valence-corrected chi connectivity index (χ1v) is 11.5. The van der Waals surface area contributed by atoms with Gasteiger partial charge in [-0.25, -0.2) is 4.68 Å². The summed E-state index contributed by atoms with van der Waals surface area (Å²) in [5, 5.41) is 11.5. The predicted octanol–water partition coefficient (Wildman–Crippen LogP) is 3.37. The SMILES string of the molecule is CN(C)c1ccc(C=CCN2CCC(n3cc(C(=O)NC4CCCC4)nn3)CC2)cc1. The van der Waals surface area contributed by atoms with Crippen LogP contribution in [0.2, 0.25) is 0 Å². The molecule has 2 aliphatic rings. The fourth-order valence-electron chi connectivity index (χ4n) is 4.48. The summed E-state index contributed by atoms with van der Waals surface area (Å²) in [5.41, 5.74) is 2.88. The molecule has 2 aromatic rings. The molecule has 0 spiro atoms. The molecule has 1 N–H and O–H groups in total. The van der Waals surface area contributed by atoms with E-state index in [1.807, 2.05) is 10.9 Å². The minimum Gasteiger partial charge on any atom is -0.378 e. The van der Waals surface area contributed by atoms with Gasteiger partial charge < -0.3 is 10.2 Å². The molecule has 2 fully saturated rings. The number of aromatic nitrogens is 3. The summed E-state index contributed by atoms with van der Waals surface area (Å²) in [4.78, 5) is 17.0. The van der Waals surface area contributed by atoms with Gasteiger partial charge in [-0.3, -0.25) is 9.69 Å². The number of anilines is 1. The molecule has 2 heterocycles. The maximum Gasteiger partial charge on any atom is 0.273 e. The summed E-state index contributed by atoms with van der Waals surface area (Å²) in [5.74, 6) is -0.0839. The summed E-state index contributed by atoms with van der Waals surface area (Å²) in [6.45, 7) is 3.00. The predicted molar refractivity (Wildman–Crippen MR) is 124 cm³/mol. The monoisotopic (exact) mass is 422 g/mol. The van der Waals surface area contributed by atoms with Gasteiger partial charge in [0.1, 0.15) is 0 Å². The molecule has 4 rings (SSSR count). The lowest BCUT2D eigenvalue weighted by Crippen LogP contribution is -2.35. The van der Waals surface area contributed by atoms with Crippen molar-refractivity contribution in [3.8, 4) is 0 Å². The maximum atomic E-state index is 12.4. The topological polar surface area (TPSA) is 66.3 Å². The molecule has 1 aliphatic heterocycles. The number of nitrogens with one attached hydrogen (secondary N) is 1. The normalized spacial score (nSPS) is 18.6. The number of piperidine rings is 1. The summed E-state index contributed by atoms with van der Waals surface area (Å²) < 4.78 is 1.89. The van der Waals surface area contributed by atoms with Crippen molar-refractivity contribution in [2.75, 3.05) is 38.6 Å². The summed E-state index contributed by atoms with van der Waals surface area (Å²) in [6.07, 6.45) is 12.9. The summed E-state index contributed by atoms with van der Waals surface area (Å²) in [7, 11) is 4.11. The molecule has 166 valence electrons. The van der Waals surface area contributed by atoms with E-state index in [4.69, 9.17) is 0 Å². The van der Waals surface area contributed by atoms with Crippen molar-refractivity contribution in [3.63, 3.8) is 0 Å². The summed E-state index contributed by atoms with van der Waals surface area (Å²) >= 11 is 0. The second-order valence-corrected chi connectivity index (χ2v) is 8.96. The van der Waals surface area contributed by atoms with Crippen molar-refractivity contribution in [2.45, 2.75) is 50.6 Å². The molecule has 1 amide bonds. The summed E-state index contributed by atoms with van der Waals surface area (Å²) in [6, 6.07) is 9.23. The van der Waals surface area contributed by atoms with Crippen LogP contribution in [-0.4, -0.2) is 65.6 Å². The van der Waals surface area contributed by atoms with E-state index in [0.717, 1.165) is 45.3 Å². The third-order valence-corrected chi connectivity index (χ3v) is 6.45. The molecular weight excluding hydrogens is 388 g/mol. The van der Waals surface area contributed by atoms with Gasteiger partial charge in [-0.05, 0) is 43.4 Å². The van der Waals surface area contributed by atoms with Crippen LogP contribution in [0, 0.1) is 0 Å². The van der Waals surface area contributed by atoms with Crippen molar-refractivity contribution >= 4 is 17.7 Å². The Morgan fingerprint density at radius 2 is 1.84 bits per heavy atom. The molecular formula is C24H34N6O. The molecule has 1 saturated heterocycles. The van der Waals surface area contributed by atoms with Crippen LogP contribution in [0.4, 0.5) is 5.69 Å². The van der Waals surface area contributed by atoms with Crippen LogP contribution in [0.25, 0.3) is 6.08 Å². The van der Waals surface area contributed by atoms with Crippen LogP contribution in [0.1, 0.15) is 60.6 Å². The van der Waals surface area contributed by atoms with Gasteiger partial charge in [0.2, 0.25) is 0 Å². The van der Waals surface area contributed by atoms with Crippen molar-refractivity contribution in [1.82, 2.24) is 25.2 Å². The maximum absolute atomic E-state index is 12.4. The molecule has 1 aliphatic carbocycles.